The molecule has 1 saturated heterocycles. The summed E-state index contributed by atoms with van der Waals surface area (Å²) in [6.45, 7) is 5.01. The monoisotopic (exact) mass is 188 g/mol. The van der Waals surface area contributed by atoms with E-state index >= 15 is 0 Å². The molecule has 1 unspecified atom stereocenters. The van der Waals surface area contributed by atoms with E-state index in [-0.39, 0.29) is 6.61 Å². The summed E-state index contributed by atoms with van der Waals surface area (Å²) in [7, 11) is 1.73. The van der Waals surface area contributed by atoms with Gasteiger partial charge >= 0.3 is 0 Å². The van der Waals surface area contributed by atoms with Crippen molar-refractivity contribution < 1.29 is 9.84 Å². The molecule has 4 heteroatoms. The topological polar surface area (TPSA) is 44.7 Å². The zero-order chi connectivity index (χ0) is 9.52. The summed E-state index contributed by atoms with van der Waals surface area (Å²) in [5.41, 5.74) is 0. The second-order valence-corrected chi connectivity index (χ2v) is 3.46. The lowest BCUT2D eigenvalue weighted by molar-refractivity contribution is 0.159. The maximum Gasteiger partial charge on any atom is 0.0589 e. The summed E-state index contributed by atoms with van der Waals surface area (Å²) in [5.74, 6) is 0. The molecule has 1 fully saturated rings. The van der Waals surface area contributed by atoms with E-state index in [0.717, 1.165) is 26.2 Å². The van der Waals surface area contributed by atoms with E-state index in [1.807, 2.05) is 0 Å². The van der Waals surface area contributed by atoms with Crippen LogP contribution < -0.4 is 5.32 Å². The van der Waals surface area contributed by atoms with Crippen LogP contribution in [0.25, 0.3) is 0 Å². The van der Waals surface area contributed by atoms with Crippen LogP contribution in [0.15, 0.2) is 0 Å². The summed E-state index contributed by atoms with van der Waals surface area (Å²) in [6, 6.07) is 0.559. The summed E-state index contributed by atoms with van der Waals surface area (Å²) in [5, 5.41) is 11.9. The average Bonchev–Trinajstić information content (AvgIpc) is 2.59. The second-order valence-electron chi connectivity index (χ2n) is 3.46. The van der Waals surface area contributed by atoms with Gasteiger partial charge in [0, 0.05) is 32.8 Å². The van der Waals surface area contributed by atoms with Gasteiger partial charge in [0.15, 0.2) is 0 Å². The normalized spacial score (nSPS) is 24.0. The number of hydrogen-bond donors (Lipinski definition) is 2. The number of hydrogen-bond acceptors (Lipinski definition) is 4. The van der Waals surface area contributed by atoms with Crippen LogP contribution in [-0.4, -0.2) is 62.6 Å². The Bertz CT molecular complexity index is 119. The van der Waals surface area contributed by atoms with E-state index in [9.17, 15) is 0 Å². The van der Waals surface area contributed by atoms with Crippen molar-refractivity contribution in [2.24, 2.45) is 0 Å². The number of aliphatic hydroxyl groups excluding tert-OH is 1. The molecule has 1 aliphatic rings. The standard InChI is InChI=1S/C9H20N2O2/c1-13-7-5-11-4-2-9(8-11)10-3-6-12/h9-10,12H,2-8H2,1H3. The van der Waals surface area contributed by atoms with Gasteiger partial charge in [0.2, 0.25) is 0 Å². The van der Waals surface area contributed by atoms with Crippen molar-refractivity contribution in [1.29, 1.82) is 0 Å². The van der Waals surface area contributed by atoms with Crippen molar-refractivity contribution in [3.05, 3.63) is 0 Å². The molecule has 0 aliphatic carbocycles. The van der Waals surface area contributed by atoms with Gasteiger partial charge in [-0.2, -0.15) is 0 Å². The zero-order valence-electron chi connectivity index (χ0n) is 8.33. The fourth-order valence-corrected chi connectivity index (χ4v) is 1.69. The largest absolute Gasteiger partial charge is 0.395 e. The zero-order valence-corrected chi connectivity index (χ0v) is 8.33. The first kappa shape index (κ1) is 10.9. The van der Waals surface area contributed by atoms with E-state index in [4.69, 9.17) is 9.84 Å². The minimum atomic E-state index is 0.231. The third-order valence-electron chi connectivity index (χ3n) is 2.43. The van der Waals surface area contributed by atoms with Crippen LogP contribution in [0.3, 0.4) is 0 Å². The molecule has 0 aromatic heterocycles. The third-order valence-corrected chi connectivity index (χ3v) is 2.43. The Morgan fingerprint density at radius 2 is 2.46 bits per heavy atom. The minimum Gasteiger partial charge on any atom is -0.395 e. The molecule has 13 heavy (non-hydrogen) atoms. The summed E-state index contributed by atoms with van der Waals surface area (Å²) < 4.78 is 5.02. The van der Waals surface area contributed by atoms with Crippen LogP contribution in [0.5, 0.6) is 0 Å². The SMILES string of the molecule is COCCN1CCC(NCCO)C1. The van der Waals surface area contributed by atoms with E-state index in [2.05, 4.69) is 10.2 Å². The summed E-state index contributed by atoms with van der Waals surface area (Å²) >= 11 is 0. The molecular formula is C9H20N2O2. The van der Waals surface area contributed by atoms with Gasteiger partial charge in [0.25, 0.3) is 0 Å². The first-order chi connectivity index (χ1) is 6.36. The van der Waals surface area contributed by atoms with Crippen LogP contribution in [0.1, 0.15) is 6.42 Å². The molecule has 78 valence electrons. The number of methoxy groups -OCH3 is 1. The molecule has 1 atom stereocenters. The maximum atomic E-state index is 8.64. The van der Waals surface area contributed by atoms with Gasteiger partial charge in [-0.25, -0.2) is 0 Å². The summed E-state index contributed by atoms with van der Waals surface area (Å²) in [4.78, 5) is 2.39. The molecular weight excluding hydrogens is 168 g/mol. The predicted octanol–water partition coefficient (Wildman–Crippen LogP) is -0.711. The molecule has 1 heterocycles. The first-order valence-electron chi connectivity index (χ1n) is 4.92. The van der Waals surface area contributed by atoms with Gasteiger partial charge in [-0.1, -0.05) is 0 Å². The number of rotatable bonds is 6. The number of nitrogens with zero attached hydrogens (tertiary/aromatic N) is 1. The van der Waals surface area contributed by atoms with E-state index < -0.39 is 0 Å². The van der Waals surface area contributed by atoms with Crippen LogP contribution in [0.4, 0.5) is 0 Å². The molecule has 4 nitrogen and oxygen atoms in total. The smallest absolute Gasteiger partial charge is 0.0589 e. The van der Waals surface area contributed by atoms with Gasteiger partial charge in [-0.05, 0) is 13.0 Å². The highest BCUT2D eigenvalue weighted by atomic mass is 16.5. The Kier molecular flexibility index (Phi) is 5.31. The molecule has 0 aromatic carbocycles. The quantitative estimate of drug-likeness (QED) is 0.578. The van der Waals surface area contributed by atoms with E-state index in [1.54, 1.807) is 7.11 Å². The molecule has 0 saturated carbocycles. The lowest BCUT2D eigenvalue weighted by atomic mass is 10.3. The summed E-state index contributed by atoms with van der Waals surface area (Å²) in [6.07, 6.45) is 1.18. The van der Waals surface area contributed by atoms with Gasteiger partial charge in [-0.3, -0.25) is 4.90 Å². The first-order valence-corrected chi connectivity index (χ1v) is 4.92. The van der Waals surface area contributed by atoms with Gasteiger partial charge in [0.1, 0.15) is 0 Å². The Morgan fingerprint density at radius 1 is 1.62 bits per heavy atom. The molecule has 0 amide bonds. The van der Waals surface area contributed by atoms with Crippen molar-refractivity contribution in [1.82, 2.24) is 10.2 Å². The molecule has 0 bridgehead atoms. The highest BCUT2D eigenvalue weighted by Gasteiger charge is 2.20. The van der Waals surface area contributed by atoms with E-state index in [1.165, 1.54) is 6.42 Å². The molecule has 1 rings (SSSR count). The van der Waals surface area contributed by atoms with Gasteiger partial charge in [-0.15, -0.1) is 0 Å². The highest BCUT2D eigenvalue weighted by Crippen LogP contribution is 2.07. The van der Waals surface area contributed by atoms with Crippen molar-refractivity contribution in [2.75, 3.05) is 46.5 Å². The number of aliphatic hydroxyl groups is 1. The number of ether oxygens (including phenoxy) is 1. The number of likely N-dealkylation sites (tertiary alicyclic amines) is 1. The van der Waals surface area contributed by atoms with Crippen LogP contribution in [0, 0.1) is 0 Å². The van der Waals surface area contributed by atoms with Crippen LogP contribution >= 0.6 is 0 Å². The van der Waals surface area contributed by atoms with Crippen molar-refractivity contribution >= 4 is 0 Å². The molecule has 0 spiro atoms. The number of nitrogens with one attached hydrogen (secondary N) is 1. The Hall–Kier alpha value is -0.160. The van der Waals surface area contributed by atoms with Crippen molar-refractivity contribution in [2.45, 2.75) is 12.5 Å². The Balaban J connectivity index is 2.05. The molecule has 2 N–H and O–H groups in total. The average molecular weight is 188 g/mol. The minimum absolute atomic E-state index is 0.231. The third kappa shape index (κ3) is 4.04. The lowest BCUT2D eigenvalue weighted by Crippen LogP contribution is -2.35. The Labute approximate surface area is 79.9 Å². The van der Waals surface area contributed by atoms with E-state index in [0.29, 0.717) is 12.6 Å². The second kappa shape index (κ2) is 6.32. The fourth-order valence-electron chi connectivity index (χ4n) is 1.69. The van der Waals surface area contributed by atoms with Gasteiger partial charge < -0.3 is 15.2 Å². The lowest BCUT2D eigenvalue weighted by Gasteiger charge is -2.15. The molecule has 0 aromatic rings. The maximum absolute atomic E-state index is 8.64. The van der Waals surface area contributed by atoms with Crippen LogP contribution in [-0.2, 0) is 4.74 Å². The van der Waals surface area contributed by atoms with Crippen molar-refractivity contribution in [3.8, 4) is 0 Å². The van der Waals surface area contributed by atoms with Crippen molar-refractivity contribution in [3.63, 3.8) is 0 Å². The van der Waals surface area contributed by atoms with Gasteiger partial charge in [0.05, 0.1) is 13.2 Å². The predicted molar refractivity (Wildman–Crippen MR) is 51.8 cm³/mol. The molecule has 0 radical (unpaired) electrons. The molecule has 1 aliphatic heterocycles. The Morgan fingerprint density at radius 3 is 3.15 bits per heavy atom. The highest BCUT2D eigenvalue weighted by molar-refractivity contribution is 4.80. The van der Waals surface area contributed by atoms with Crippen LogP contribution in [0.2, 0.25) is 0 Å². The fraction of sp³-hybridized carbons (Fsp3) is 1.00.